The Kier molecular flexibility index (Phi) is 2.82. The van der Waals surface area contributed by atoms with Crippen molar-refractivity contribution in [3.05, 3.63) is 35.4 Å². The van der Waals surface area contributed by atoms with E-state index in [1.165, 1.54) is 0 Å². The van der Waals surface area contributed by atoms with E-state index in [1.54, 1.807) is 24.3 Å². The first-order chi connectivity index (χ1) is 5.72. The van der Waals surface area contributed by atoms with Gasteiger partial charge in [-0.1, -0.05) is 24.3 Å². The zero-order chi connectivity index (χ0) is 8.97. The molecule has 0 amide bonds. The van der Waals surface area contributed by atoms with Crippen LogP contribution in [0.1, 0.15) is 11.1 Å². The molecular formula is C9H10O3. The SMILES string of the molecule is O=C(O)Cc1cccc(CO)c1. The van der Waals surface area contributed by atoms with Crippen molar-refractivity contribution in [1.82, 2.24) is 0 Å². The van der Waals surface area contributed by atoms with Crippen LogP contribution in [0, 0.1) is 0 Å². The number of aliphatic hydroxyl groups excluding tert-OH is 1. The highest BCUT2D eigenvalue weighted by molar-refractivity contribution is 5.70. The predicted octanol–water partition coefficient (Wildman–Crippen LogP) is 0.806. The van der Waals surface area contributed by atoms with Crippen molar-refractivity contribution in [1.29, 1.82) is 0 Å². The number of carbonyl (C=O) groups is 1. The summed E-state index contributed by atoms with van der Waals surface area (Å²) in [5, 5.41) is 17.2. The summed E-state index contributed by atoms with van der Waals surface area (Å²) in [6.45, 7) is -0.0482. The van der Waals surface area contributed by atoms with Gasteiger partial charge >= 0.3 is 5.97 Å². The molecule has 0 aliphatic carbocycles. The molecule has 0 fully saturated rings. The summed E-state index contributed by atoms with van der Waals surface area (Å²) in [6.07, 6.45) is 0.00778. The van der Waals surface area contributed by atoms with Crippen LogP contribution in [0.15, 0.2) is 24.3 Å². The second kappa shape index (κ2) is 3.88. The minimum absolute atomic E-state index is 0.00778. The number of rotatable bonds is 3. The van der Waals surface area contributed by atoms with Gasteiger partial charge in [-0.05, 0) is 11.1 Å². The molecule has 3 nitrogen and oxygen atoms in total. The lowest BCUT2D eigenvalue weighted by Gasteiger charge is -1.99. The van der Waals surface area contributed by atoms with E-state index in [0.29, 0.717) is 5.56 Å². The lowest BCUT2D eigenvalue weighted by atomic mass is 10.1. The van der Waals surface area contributed by atoms with Gasteiger partial charge in [-0.15, -0.1) is 0 Å². The Morgan fingerprint density at radius 1 is 1.33 bits per heavy atom. The number of carboxylic acids is 1. The molecule has 2 N–H and O–H groups in total. The zero-order valence-corrected chi connectivity index (χ0v) is 6.53. The van der Waals surface area contributed by atoms with E-state index in [4.69, 9.17) is 10.2 Å². The molecule has 0 saturated carbocycles. The van der Waals surface area contributed by atoms with Crippen LogP contribution in [0.3, 0.4) is 0 Å². The normalized spacial score (nSPS) is 9.75. The molecule has 0 aromatic heterocycles. The van der Waals surface area contributed by atoms with E-state index in [2.05, 4.69) is 0 Å². The Labute approximate surface area is 70.3 Å². The molecule has 3 heteroatoms. The standard InChI is InChI=1S/C9H10O3/c10-6-8-3-1-2-7(4-8)5-9(11)12/h1-4,10H,5-6H2,(H,11,12). The van der Waals surface area contributed by atoms with Crippen LogP contribution in [0.4, 0.5) is 0 Å². The maximum absolute atomic E-state index is 10.3. The summed E-state index contributed by atoms with van der Waals surface area (Å²) in [4.78, 5) is 10.3. The lowest BCUT2D eigenvalue weighted by Crippen LogP contribution is -2.00. The van der Waals surface area contributed by atoms with E-state index < -0.39 is 5.97 Å². The molecule has 0 aliphatic heterocycles. The van der Waals surface area contributed by atoms with E-state index in [0.717, 1.165) is 5.56 Å². The second-order valence-electron chi connectivity index (χ2n) is 2.55. The van der Waals surface area contributed by atoms with Crippen molar-refractivity contribution in [3.63, 3.8) is 0 Å². The van der Waals surface area contributed by atoms with Crippen LogP contribution < -0.4 is 0 Å². The van der Waals surface area contributed by atoms with Gasteiger partial charge in [0.05, 0.1) is 13.0 Å². The van der Waals surface area contributed by atoms with Gasteiger partial charge in [-0.3, -0.25) is 4.79 Å². The molecule has 0 radical (unpaired) electrons. The van der Waals surface area contributed by atoms with Gasteiger partial charge < -0.3 is 10.2 Å². The number of hydrogen-bond acceptors (Lipinski definition) is 2. The summed E-state index contributed by atoms with van der Waals surface area (Å²) in [6, 6.07) is 6.91. The molecule has 1 aromatic rings. The summed E-state index contributed by atoms with van der Waals surface area (Å²) < 4.78 is 0. The highest BCUT2D eigenvalue weighted by Gasteiger charge is 1.99. The van der Waals surface area contributed by atoms with Crippen molar-refractivity contribution >= 4 is 5.97 Å². The first-order valence-corrected chi connectivity index (χ1v) is 3.63. The fraction of sp³-hybridized carbons (Fsp3) is 0.222. The molecule has 64 valence electrons. The van der Waals surface area contributed by atoms with E-state index in [1.807, 2.05) is 0 Å². The zero-order valence-electron chi connectivity index (χ0n) is 6.53. The maximum Gasteiger partial charge on any atom is 0.307 e. The Morgan fingerprint density at radius 3 is 2.58 bits per heavy atom. The fourth-order valence-corrected chi connectivity index (χ4v) is 1.01. The van der Waals surface area contributed by atoms with E-state index in [9.17, 15) is 4.79 Å². The van der Waals surface area contributed by atoms with Crippen molar-refractivity contribution in [2.45, 2.75) is 13.0 Å². The number of carboxylic acid groups (broad SMARTS) is 1. The summed E-state index contributed by atoms with van der Waals surface area (Å²) in [7, 11) is 0. The Bertz CT molecular complexity index is 281. The fourth-order valence-electron chi connectivity index (χ4n) is 1.01. The molecule has 12 heavy (non-hydrogen) atoms. The molecule has 0 saturated heterocycles. The summed E-state index contributed by atoms with van der Waals surface area (Å²) >= 11 is 0. The van der Waals surface area contributed by atoms with Gasteiger partial charge in [0.1, 0.15) is 0 Å². The summed E-state index contributed by atoms with van der Waals surface area (Å²) in [5.74, 6) is -0.856. The Morgan fingerprint density at radius 2 is 2.00 bits per heavy atom. The van der Waals surface area contributed by atoms with Gasteiger partial charge in [0.15, 0.2) is 0 Å². The third-order valence-electron chi connectivity index (χ3n) is 1.53. The Balaban J connectivity index is 2.79. The van der Waals surface area contributed by atoms with Crippen molar-refractivity contribution in [2.24, 2.45) is 0 Å². The minimum Gasteiger partial charge on any atom is -0.481 e. The minimum atomic E-state index is -0.856. The topological polar surface area (TPSA) is 57.5 Å². The second-order valence-corrected chi connectivity index (χ2v) is 2.55. The Hall–Kier alpha value is -1.35. The average molecular weight is 166 g/mol. The monoisotopic (exact) mass is 166 g/mol. The molecule has 1 aromatic carbocycles. The first kappa shape index (κ1) is 8.74. The molecule has 0 unspecified atom stereocenters. The predicted molar refractivity (Wildman–Crippen MR) is 43.7 cm³/mol. The molecule has 0 aliphatic rings. The highest BCUT2D eigenvalue weighted by atomic mass is 16.4. The number of aliphatic carboxylic acids is 1. The van der Waals surface area contributed by atoms with Crippen LogP contribution in [-0.4, -0.2) is 16.2 Å². The van der Waals surface area contributed by atoms with Gasteiger partial charge in [0.2, 0.25) is 0 Å². The van der Waals surface area contributed by atoms with Crippen LogP contribution in [0.25, 0.3) is 0 Å². The number of benzene rings is 1. The van der Waals surface area contributed by atoms with Crippen LogP contribution in [0.5, 0.6) is 0 Å². The highest BCUT2D eigenvalue weighted by Crippen LogP contribution is 2.05. The van der Waals surface area contributed by atoms with Gasteiger partial charge in [0, 0.05) is 0 Å². The van der Waals surface area contributed by atoms with Crippen molar-refractivity contribution in [3.8, 4) is 0 Å². The third kappa shape index (κ3) is 2.36. The smallest absolute Gasteiger partial charge is 0.307 e. The lowest BCUT2D eigenvalue weighted by molar-refractivity contribution is -0.136. The molecule has 0 heterocycles. The molecule has 0 spiro atoms. The van der Waals surface area contributed by atoms with Gasteiger partial charge in [0.25, 0.3) is 0 Å². The van der Waals surface area contributed by atoms with E-state index in [-0.39, 0.29) is 13.0 Å². The molecule has 0 bridgehead atoms. The largest absolute Gasteiger partial charge is 0.481 e. The van der Waals surface area contributed by atoms with Crippen LogP contribution in [0.2, 0.25) is 0 Å². The molecular weight excluding hydrogens is 156 g/mol. The quantitative estimate of drug-likeness (QED) is 0.698. The van der Waals surface area contributed by atoms with Crippen LogP contribution >= 0.6 is 0 Å². The van der Waals surface area contributed by atoms with Crippen molar-refractivity contribution in [2.75, 3.05) is 0 Å². The number of hydrogen-bond donors (Lipinski definition) is 2. The van der Waals surface area contributed by atoms with Crippen molar-refractivity contribution < 1.29 is 15.0 Å². The number of aliphatic hydroxyl groups is 1. The average Bonchev–Trinajstić information content (AvgIpc) is 2.03. The summed E-state index contributed by atoms with van der Waals surface area (Å²) in [5.41, 5.74) is 1.46. The van der Waals surface area contributed by atoms with E-state index >= 15 is 0 Å². The van der Waals surface area contributed by atoms with Crippen LogP contribution in [-0.2, 0) is 17.8 Å². The molecule has 0 atom stereocenters. The molecule has 1 rings (SSSR count). The van der Waals surface area contributed by atoms with Gasteiger partial charge in [-0.25, -0.2) is 0 Å². The van der Waals surface area contributed by atoms with Gasteiger partial charge in [-0.2, -0.15) is 0 Å². The third-order valence-corrected chi connectivity index (χ3v) is 1.53. The maximum atomic E-state index is 10.3. The first-order valence-electron chi connectivity index (χ1n) is 3.63.